The third kappa shape index (κ3) is 1.64. The number of piperidine rings is 1. The van der Waals surface area contributed by atoms with Crippen molar-refractivity contribution < 1.29 is 4.79 Å². The number of nitrogens with zero attached hydrogens (tertiary/aromatic N) is 1. The molecule has 0 aromatic carbocycles. The van der Waals surface area contributed by atoms with Gasteiger partial charge in [-0.05, 0) is 51.3 Å². The van der Waals surface area contributed by atoms with Gasteiger partial charge < -0.3 is 9.88 Å². The standard InChI is InChI=1S/C15H22N2O/c1-4-11-9(2)16-13-7-10-5-6-17(3)8-12(10)15(18)14(11)13/h10,12,16H,4-8H2,1-3H3/t10-,12-/m0/s1. The van der Waals surface area contributed by atoms with E-state index in [0.29, 0.717) is 11.7 Å². The van der Waals surface area contributed by atoms with Gasteiger partial charge in [-0.1, -0.05) is 6.92 Å². The Labute approximate surface area is 109 Å². The number of aromatic nitrogens is 1. The normalized spacial score (nSPS) is 28.1. The molecule has 0 amide bonds. The number of nitrogens with one attached hydrogen (secondary N) is 1. The van der Waals surface area contributed by atoms with Crippen LogP contribution in [0.25, 0.3) is 0 Å². The van der Waals surface area contributed by atoms with Crippen LogP contribution in [-0.4, -0.2) is 35.8 Å². The molecule has 0 saturated carbocycles. The van der Waals surface area contributed by atoms with Gasteiger partial charge >= 0.3 is 0 Å². The van der Waals surface area contributed by atoms with Gasteiger partial charge in [0.2, 0.25) is 0 Å². The first-order valence-corrected chi connectivity index (χ1v) is 7.04. The molecule has 3 heteroatoms. The van der Waals surface area contributed by atoms with Crippen LogP contribution in [0.2, 0.25) is 0 Å². The maximum Gasteiger partial charge on any atom is 0.169 e. The molecular formula is C15H22N2O. The summed E-state index contributed by atoms with van der Waals surface area (Å²) in [7, 11) is 2.13. The van der Waals surface area contributed by atoms with Crippen LogP contribution >= 0.6 is 0 Å². The molecule has 3 nitrogen and oxygen atoms in total. The molecule has 1 saturated heterocycles. The topological polar surface area (TPSA) is 36.1 Å². The van der Waals surface area contributed by atoms with E-state index in [9.17, 15) is 4.79 Å². The van der Waals surface area contributed by atoms with Crippen molar-refractivity contribution in [2.24, 2.45) is 11.8 Å². The second kappa shape index (κ2) is 4.23. The van der Waals surface area contributed by atoms with E-state index in [1.807, 2.05) is 0 Å². The predicted octanol–water partition coefficient (Wildman–Crippen LogP) is 2.19. The molecule has 3 rings (SSSR count). The maximum absolute atomic E-state index is 12.7. The van der Waals surface area contributed by atoms with E-state index in [1.165, 1.54) is 17.0 Å². The van der Waals surface area contributed by atoms with E-state index in [4.69, 9.17) is 0 Å². The zero-order valence-corrected chi connectivity index (χ0v) is 11.5. The van der Waals surface area contributed by atoms with Gasteiger partial charge in [0.1, 0.15) is 0 Å². The van der Waals surface area contributed by atoms with Gasteiger partial charge in [-0.2, -0.15) is 0 Å². The fourth-order valence-electron chi connectivity index (χ4n) is 3.78. The Morgan fingerprint density at radius 3 is 2.94 bits per heavy atom. The van der Waals surface area contributed by atoms with Crippen LogP contribution in [-0.2, 0) is 12.8 Å². The molecule has 1 aromatic rings. The molecule has 1 aromatic heterocycles. The Balaban J connectivity index is 2.03. The predicted molar refractivity (Wildman–Crippen MR) is 72.0 cm³/mol. The maximum atomic E-state index is 12.7. The second-order valence-electron chi connectivity index (χ2n) is 5.92. The zero-order chi connectivity index (χ0) is 12.9. The smallest absolute Gasteiger partial charge is 0.169 e. The van der Waals surface area contributed by atoms with Crippen molar-refractivity contribution in [3.63, 3.8) is 0 Å². The lowest BCUT2D eigenvalue weighted by molar-refractivity contribution is 0.0705. The molecule has 0 spiro atoms. The molecular weight excluding hydrogens is 224 g/mol. The molecule has 0 radical (unpaired) electrons. The summed E-state index contributed by atoms with van der Waals surface area (Å²) in [5, 5.41) is 0. The number of aryl methyl sites for hydroxylation is 1. The number of hydrogen-bond donors (Lipinski definition) is 1. The first-order chi connectivity index (χ1) is 8.61. The molecule has 2 aliphatic rings. The summed E-state index contributed by atoms with van der Waals surface area (Å²) in [5.41, 5.74) is 4.69. The summed E-state index contributed by atoms with van der Waals surface area (Å²) in [6.07, 6.45) is 3.18. The highest BCUT2D eigenvalue weighted by Gasteiger charge is 2.40. The molecule has 0 unspecified atom stereocenters. The quantitative estimate of drug-likeness (QED) is 0.824. The minimum Gasteiger partial charge on any atom is -0.362 e. The van der Waals surface area contributed by atoms with Crippen LogP contribution in [0.4, 0.5) is 0 Å². The summed E-state index contributed by atoms with van der Waals surface area (Å²) in [6, 6.07) is 0. The van der Waals surface area contributed by atoms with Crippen molar-refractivity contribution in [2.75, 3.05) is 20.1 Å². The summed E-state index contributed by atoms with van der Waals surface area (Å²) < 4.78 is 0. The number of rotatable bonds is 1. The number of ketones is 1. The lowest BCUT2D eigenvalue weighted by Crippen LogP contribution is -2.45. The van der Waals surface area contributed by atoms with Gasteiger partial charge in [-0.25, -0.2) is 0 Å². The Morgan fingerprint density at radius 2 is 2.22 bits per heavy atom. The number of H-pyrrole nitrogens is 1. The van der Waals surface area contributed by atoms with E-state index in [1.54, 1.807) is 0 Å². The van der Waals surface area contributed by atoms with E-state index >= 15 is 0 Å². The summed E-state index contributed by atoms with van der Waals surface area (Å²) in [6.45, 7) is 6.31. The van der Waals surface area contributed by atoms with Crippen LogP contribution in [0.3, 0.4) is 0 Å². The number of Topliss-reactive ketones (excluding diaryl/α,β-unsaturated/α-hetero) is 1. The number of fused-ring (bicyclic) bond motifs is 2. The van der Waals surface area contributed by atoms with Crippen molar-refractivity contribution in [1.82, 2.24) is 9.88 Å². The summed E-state index contributed by atoms with van der Waals surface area (Å²) >= 11 is 0. The molecule has 1 aliphatic carbocycles. The summed E-state index contributed by atoms with van der Waals surface area (Å²) in [5.74, 6) is 1.19. The van der Waals surface area contributed by atoms with Crippen LogP contribution in [0.5, 0.6) is 0 Å². The number of aromatic amines is 1. The first-order valence-electron chi connectivity index (χ1n) is 7.04. The number of likely N-dealkylation sites (tertiary alicyclic amines) is 1. The van der Waals surface area contributed by atoms with E-state index in [2.05, 4.69) is 30.8 Å². The highest BCUT2D eigenvalue weighted by Crippen LogP contribution is 2.37. The lowest BCUT2D eigenvalue weighted by atomic mass is 9.73. The first kappa shape index (κ1) is 12.0. The summed E-state index contributed by atoms with van der Waals surface area (Å²) in [4.78, 5) is 18.5. The molecule has 1 fully saturated rings. The van der Waals surface area contributed by atoms with Crippen LogP contribution < -0.4 is 0 Å². The minimum absolute atomic E-state index is 0.233. The fourth-order valence-corrected chi connectivity index (χ4v) is 3.78. The monoisotopic (exact) mass is 246 g/mol. The van der Waals surface area contributed by atoms with Crippen molar-refractivity contribution in [2.45, 2.75) is 33.1 Å². The molecule has 18 heavy (non-hydrogen) atoms. The van der Waals surface area contributed by atoms with Gasteiger partial charge in [0, 0.05) is 29.4 Å². The Morgan fingerprint density at radius 1 is 1.44 bits per heavy atom. The minimum atomic E-state index is 0.233. The van der Waals surface area contributed by atoms with Crippen LogP contribution in [0.1, 0.15) is 40.7 Å². The van der Waals surface area contributed by atoms with E-state index < -0.39 is 0 Å². The fraction of sp³-hybridized carbons (Fsp3) is 0.667. The van der Waals surface area contributed by atoms with E-state index in [0.717, 1.165) is 37.9 Å². The van der Waals surface area contributed by atoms with Gasteiger partial charge in [0.05, 0.1) is 0 Å². The van der Waals surface area contributed by atoms with Gasteiger partial charge in [-0.3, -0.25) is 4.79 Å². The Kier molecular flexibility index (Phi) is 2.81. The third-order valence-corrected chi connectivity index (χ3v) is 4.76. The third-order valence-electron chi connectivity index (χ3n) is 4.76. The second-order valence-corrected chi connectivity index (χ2v) is 5.92. The molecule has 98 valence electrons. The van der Waals surface area contributed by atoms with Crippen molar-refractivity contribution in [3.8, 4) is 0 Å². The van der Waals surface area contributed by atoms with Gasteiger partial charge in [0.25, 0.3) is 0 Å². The van der Waals surface area contributed by atoms with Crippen molar-refractivity contribution >= 4 is 5.78 Å². The Hall–Kier alpha value is -1.09. The lowest BCUT2D eigenvalue weighted by Gasteiger charge is -2.38. The number of hydrogen-bond acceptors (Lipinski definition) is 2. The largest absolute Gasteiger partial charge is 0.362 e. The average Bonchev–Trinajstić information content (AvgIpc) is 2.66. The van der Waals surface area contributed by atoms with Gasteiger partial charge in [-0.15, -0.1) is 0 Å². The van der Waals surface area contributed by atoms with Gasteiger partial charge in [0.15, 0.2) is 5.78 Å². The Bertz CT molecular complexity index is 489. The van der Waals surface area contributed by atoms with Crippen molar-refractivity contribution in [1.29, 1.82) is 0 Å². The SMILES string of the molecule is CCc1c(C)[nH]c2c1C(=O)[C@H]1CN(C)CC[C@H]1C2. The van der Waals surface area contributed by atoms with Crippen LogP contribution in [0.15, 0.2) is 0 Å². The molecule has 2 atom stereocenters. The molecule has 0 bridgehead atoms. The molecule has 1 aliphatic heterocycles. The zero-order valence-electron chi connectivity index (χ0n) is 11.5. The molecule has 2 heterocycles. The van der Waals surface area contributed by atoms with E-state index in [-0.39, 0.29) is 5.92 Å². The average molecular weight is 246 g/mol. The number of carbonyl (C=O) groups excluding carboxylic acids is 1. The number of carbonyl (C=O) groups is 1. The highest BCUT2D eigenvalue weighted by atomic mass is 16.1. The van der Waals surface area contributed by atoms with Crippen LogP contribution in [0, 0.1) is 18.8 Å². The van der Waals surface area contributed by atoms with Crippen molar-refractivity contribution in [3.05, 3.63) is 22.5 Å². The molecule has 1 N–H and O–H groups in total. The highest BCUT2D eigenvalue weighted by molar-refractivity contribution is 6.02.